The molecule has 2 rings (SSSR count). The maximum Gasteiger partial charge on any atom is 0.129 e. The van der Waals surface area contributed by atoms with Crippen molar-refractivity contribution in [2.45, 2.75) is 6.54 Å². The zero-order valence-corrected chi connectivity index (χ0v) is 11.5. The molecule has 0 spiro atoms. The van der Waals surface area contributed by atoms with Crippen LogP contribution in [0.3, 0.4) is 0 Å². The molecule has 0 radical (unpaired) electrons. The Morgan fingerprint density at radius 2 is 1.83 bits per heavy atom. The van der Waals surface area contributed by atoms with Gasteiger partial charge in [-0.1, -0.05) is 6.07 Å². The van der Waals surface area contributed by atoms with E-state index in [1.165, 1.54) is 12.1 Å². The fourth-order valence-electron chi connectivity index (χ4n) is 1.71. The molecule has 0 unspecified atom stereocenters. The van der Waals surface area contributed by atoms with Gasteiger partial charge in [0.15, 0.2) is 0 Å². The van der Waals surface area contributed by atoms with E-state index >= 15 is 0 Å². The van der Waals surface area contributed by atoms with Gasteiger partial charge in [0.25, 0.3) is 0 Å². The number of phenols is 1. The number of anilines is 1. The summed E-state index contributed by atoms with van der Waals surface area (Å²) in [6, 6.07) is 11.8. The monoisotopic (exact) mass is 309 g/mol. The van der Waals surface area contributed by atoms with Crippen LogP contribution in [0.1, 0.15) is 5.56 Å². The Balaban J connectivity index is 2.13. The Labute approximate surface area is 114 Å². The van der Waals surface area contributed by atoms with Gasteiger partial charge in [-0.05, 0) is 57.9 Å². The standard InChI is InChI=1S/C14H13BrFNO/c1-17(12-5-3-11(16)4-6-12)9-10-2-7-14(18)13(15)8-10/h2-8,18H,9H2,1H3. The highest BCUT2D eigenvalue weighted by molar-refractivity contribution is 9.10. The second kappa shape index (κ2) is 5.40. The molecule has 18 heavy (non-hydrogen) atoms. The smallest absolute Gasteiger partial charge is 0.129 e. The number of hydrogen-bond donors (Lipinski definition) is 1. The second-order valence-corrected chi connectivity index (χ2v) is 4.97. The van der Waals surface area contributed by atoms with Gasteiger partial charge in [-0.3, -0.25) is 0 Å². The van der Waals surface area contributed by atoms with E-state index in [-0.39, 0.29) is 11.6 Å². The van der Waals surface area contributed by atoms with E-state index in [4.69, 9.17) is 0 Å². The van der Waals surface area contributed by atoms with E-state index in [9.17, 15) is 9.50 Å². The predicted molar refractivity (Wildman–Crippen MR) is 74.3 cm³/mol. The SMILES string of the molecule is CN(Cc1ccc(O)c(Br)c1)c1ccc(F)cc1. The molecule has 0 saturated heterocycles. The van der Waals surface area contributed by atoms with Crippen molar-refractivity contribution in [2.24, 2.45) is 0 Å². The summed E-state index contributed by atoms with van der Waals surface area (Å²) in [5.41, 5.74) is 2.01. The normalized spacial score (nSPS) is 10.4. The van der Waals surface area contributed by atoms with Gasteiger partial charge in [0.1, 0.15) is 11.6 Å². The number of halogens is 2. The zero-order valence-electron chi connectivity index (χ0n) is 9.90. The molecule has 0 saturated carbocycles. The van der Waals surface area contributed by atoms with Crippen molar-refractivity contribution in [3.8, 4) is 5.75 Å². The van der Waals surface area contributed by atoms with Gasteiger partial charge >= 0.3 is 0 Å². The minimum absolute atomic E-state index is 0.225. The molecular weight excluding hydrogens is 297 g/mol. The molecule has 0 atom stereocenters. The third-order valence-electron chi connectivity index (χ3n) is 2.70. The zero-order chi connectivity index (χ0) is 13.1. The summed E-state index contributed by atoms with van der Waals surface area (Å²) in [6.45, 7) is 0.685. The van der Waals surface area contributed by atoms with Gasteiger partial charge in [-0.25, -0.2) is 4.39 Å². The van der Waals surface area contributed by atoms with Crippen molar-refractivity contribution >= 4 is 21.6 Å². The number of nitrogens with zero attached hydrogens (tertiary/aromatic N) is 1. The number of benzene rings is 2. The van der Waals surface area contributed by atoms with E-state index in [0.29, 0.717) is 11.0 Å². The molecule has 4 heteroatoms. The van der Waals surface area contributed by atoms with Crippen LogP contribution in [-0.2, 0) is 6.54 Å². The van der Waals surface area contributed by atoms with Gasteiger partial charge in [0, 0.05) is 19.3 Å². The van der Waals surface area contributed by atoms with Crippen molar-refractivity contribution < 1.29 is 9.50 Å². The van der Waals surface area contributed by atoms with E-state index < -0.39 is 0 Å². The van der Waals surface area contributed by atoms with Crippen LogP contribution < -0.4 is 4.90 Å². The molecule has 2 aromatic carbocycles. The van der Waals surface area contributed by atoms with Crippen molar-refractivity contribution in [1.29, 1.82) is 0 Å². The molecule has 0 fully saturated rings. The topological polar surface area (TPSA) is 23.5 Å². The second-order valence-electron chi connectivity index (χ2n) is 4.12. The summed E-state index contributed by atoms with van der Waals surface area (Å²) in [5.74, 6) is -0.0114. The summed E-state index contributed by atoms with van der Waals surface area (Å²) >= 11 is 3.28. The lowest BCUT2D eigenvalue weighted by Gasteiger charge is -2.19. The highest BCUT2D eigenvalue weighted by Crippen LogP contribution is 2.25. The quantitative estimate of drug-likeness (QED) is 0.928. The molecule has 0 amide bonds. The number of aromatic hydroxyl groups is 1. The lowest BCUT2D eigenvalue weighted by Crippen LogP contribution is -2.16. The van der Waals surface area contributed by atoms with Crippen LogP contribution in [-0.4, -0.2) is 12.2 Å². The maximum absolute atomic E-state index is 12.8. The first-order valence-corrected chi connectivity index (χ1v) is 6.29. The molecule has 2 nitrogen and oxygen atoms in total. The van der Waals surface area contributed by atoms with Crippen LogP contribution in [0.2, 0.25) is 0 Å². The molecule has 0 bridgehead atoms. The molecule has 0 aliphatic rings. The molecule has 94 valence electrons. The van der Waals surface area contributed by atoms with Crippen molar-refractivity contribution in [3.63, 3.8) is 0 Å². The summed E-state index contributed by atoms with van der Waals surface area (Å²) in [4.78, 5) is 2.01. The largest absolute Gasteiger partial charge is 0.507 e. The summed E-state index contributed by atoms with van der Waals surface area (Å²) in [5, 5.41) is 9.42. The van der Waals surface area contributed by atoms with Crippen LogP contribution in [0.5, 0.6) is 5.75 Å². The van der Waals surface area contributed by atoms with Gasteiger partial charge < -0.3 is 10.0 Å². The maximum atomic E-state index is 12.8. The third kappa shape index (κ3) is 3.01. The fraction of sp³-hybridized carbons (Fsp3) is 0.143. The predicted octanol–water partition coefficient (Wildman–Crippen LogP) is 3.93. The Morgan fingerprint density at radius 1 is 1.17 bits per heavy atom. The molecule has 0 aliphatic carbocycles. The Hall–Kier alpha value is -1.55. The Morgan fingerprint density at radius 3 is 2.44 bits per heavy atom. The van der Waals surface area contributed by atoms with Crippen LogP contribution in [0.4, 0.5) is 10.1 Å². The van der Waals surface area contributed by atoms with Crippen LogP contribution in [0.25, 0.3) is 0 Å². The number of phenolic OH excluding ortho intramolecular Hbond substituents is 1. The van der Waals surface area contributed by atoms with Crippen molar-refractivity contribution in [3.05, 3.63) is 58.3 Å². The summed E-state index contributed by atoms with van der Waals surface area (Å²) < 4.78 is 13.5. The van der Waals surface area contributed by atoms with Crippen molar-refractivity contribution in [1.82, 2.24) is 0 Å². The van der Waals surface area contributed by atoms with Crippen LogP contribution >= 0.6 is 15.9 Å². The lowest BCUT2D eigenvalue weighted by molar-refractivity contribution is 0.471. The van der Waals surface area contributed by atoms with Gasteiger partial charge in [0.2, 0.25) is 0 Å². The molecule has 0 heterocycles. The number of rotatable bonds is 3. The summed E-state index contributed by atoms with van der Waals surface area (Å²) in [7, 11) is 1.94. The average molecular weight is 310 g/mol. The van der Waals surface area contributed by atoms with E-state index in [0.717, 1.165) is 11.3 Å². The first kappa shape index (κ1) is 12.9. The van der Waals surface area contributed by atoms with E-state index in [1.807, 2.05) is 24.1 Å². The fourth-order valence-corrected chi connectivity index (χ4v) is 2.14. The highest BCUT2D eigenvalue weighted by atomic mass is 79.9. The van der Waals surface area contributed by atoms with E-state index in [1.54, 1.807) is 18.2 Å². The molecule has 0 aromatic heterocycles. The van der Waals surface area contributed by atoms with Gasteiger partial charge in [0.05, 0.1) is 4.47 Å². The average Bonchev–Trinajstić information content (AvgIpc) is 2.34. The minimum atomic E-state index is -0.237. The Kier molecular flexibility index (Phi) is 3.87. The minimum Gasteiger partial charge on any atom is -0.507 e. The third-order valence-corrected chi connectivity index (χ3v) is 3.33. The molecule has 1 N–H and O–H groups in total. The van der Waals surface area contributed by atoms with Gasteiger partial charge in [-0.2, -0.15) is 0 Å². The first-order valence-electron chi connectivity index (χ1n) is 5.50. The number of hydrogen-bond acceptors (Lipinski definition) is 2. The first-order chi connectivity index (χ1) is 8.56. The Bertz CT molecular complexity index is 542. The van der Waals surface area contributed by atoms with Crippen LogP contribution in [0, 0.1) is 5.82 Å². The lowest BCUT2D eigenvalue weighted by atomic mass is 10.2. The highest BCUT2D eigenvalue weighted by Gasteiger charge is 2.04. The van der Waals surface area contributed by atoms with Crippen LogP contribution in [0.15, 0.2) is 46.9 Å². The van der Waals surface area contributed by atoms with Crippen molar-refractivity contribution in [2.75, 3.05) is 11.9 Å². The molecule has 0 aliphatic heterocycles. The molecular formula is C14H13BrFNO. The molecule has 2 aromatic rings. The van der Waals surface area contributed by atoms with E-state index in [2.05, 4.69) is 15.9 Å². The summed E-state index contributed by atoms with van der Waals surface area (Å²) in [6.07, 6.45) is 0. The van der Waals surface area contributed by atoms with Gasteiger partial charge in [-0.15, -0.1) is 0 Å².